The highest BCUT2D eigenvalue weighted by Crippen LogP contribution is 2.20. The van der Waals surface area contributed by atoms with Gasteiger partial charge in [-0.3, -0.25) is 4.79 Å². The minimum atomic E-state index is -0.629. The van der Waals surface area contributed by atoms with Crippen molar-refractivity contribution in [2.45, 2.75) is 57.9 Å². The number of unbranched alkanes of at least 4 members (excludes halogenated alkanes) is 2. The number of amides is 1. The zero-order valence-corrected chi connectivity index (χ0v) is 10.7. The molecule has 0 aliphatic heterocycles. The van der Waals surface area contributed by atoms with Gasteiger partial charge in [0.15, 0.2) is 0 Å². The van der Waals surface area contributed by atoms with Crippen molar-refractivity contribution in [1.29, 1.82) is 0 Å². The second-order valence-corrected chi connectivity index (χ2v) is 4.56. The van der Waals surface area contributed by atoms with Crippen LogP contribution in [0.4, 0.5) is 0 Å². The molecule has 0 aliphatic carbocycles. The van der Waals surface area contributed by atoms with E-state index >= 15 is 0 Å². The number of hydrogen-bond donors (Lipinski definition) is 1. The molecule has 0 rings (SSSR count). The molecule has 15 heavy (non-hydrogen) atoms. The van der Waals surface area contributed by atoms with Gasteiger partial charge in [-0.25, -0.2) is 0 Å². The van der Waals surface area contributed by atoms with Crippen LogP contribution in [0, 0.1) is 0 Å². The van der Waals surface area contributed by atoms with E-state index in [9.17, 15) is 4.79 Å². The normalized spacial score (nSPS) is 11.5. The largest absolute Gasteiger partial charge is 0.347 e. The topological polar surface area (TPSA) is 46.3 Å². The Morgan fingerprint density at radius 1 is 1.13 bits per heavy atom. The Morgan fingerprint density at radius 3 is 1.80 bits per heavy atom. The molecule has 3 heteroatoms. The third-order valence-corrected chi connectivity index (χ3v) is 2.78. The zero-order valence-electron chi connectivity index (χ0n) is 10.7. The average molecular weight is 214 g/mol. The molecule has 90 valence electrons. The highest BCUT2D eigenvalue weighted by Gasteiger charge is 2.33. The first-order valence-electron chi connectivity index (χ1n) is 5.98. The van der Waals surface area contributed by atoms with Gasteiger partial charge in [0, 0.05) is 14.1 Å². The van der Waals surface area contributed by atoms with E-state index in [1.54, 1.807) is 19.0 Å². The van der Waals surface area contributed by atoms with Gasteiger partial charge >= 0.3 is 0 Å². The standard InChI is InChI=1S/C12H26N2O/c1-5-7-9-12(13,10-8-6-2)11(15)14(3)4/h5-10,13H2,1-4H3. The van der Waals surface area contributed by atoms with E-state index in [-0.39, 0.29) is 5.91 Å². The van der Waals surface area contributed by atoms with Crippen molar-refractivity contribution >= 4 is 5.91 Å². The zero-order chi connectivity index (χ0) is 11.9. The van der Waals surface area contributed by atoms with Crippen LogP contribution in [0.3, 0.4) is 0 Å². The molecule has 0 bridgehead atoms. The van der Waals surface area contributed by atoms with Gasteiger partial charge in [0.05, 0.1) is 5.54 Å². The molecule has 0 fully saturated rings. The van der Waals surface area contributed by atoms with Crippen molar-refractivity contribution in [1.82, 2.24) is 4.90 Å². The number of nitrogens with zero attached hydrogens (tertiary/aromatic N) is 1. The van der Waals surface area contributed by atoms with Gasteiger partial charge in [-0.05, 0) is 12.8 Å². The van der Waals surface area contributed by atoms with Gasteiger partial charge in [0.1, 0.15) is 0 Å². The maximum Gasteiger partial charge on any atom is 0.242 e. The van der Waals surface area contributed by atoms with Crippen molar-refractivity contribution in [2.75, 3.05) is 14.1 Å². The van der Waals surface area contributed by atoms with E-state index in [1.807, 2.05) is 0 Å². The molecule has 0 aliphatic rings. The van der Waals surface area contributed by atoms with Crippen LogP contribution in [-0.2, 0) is 4.79 Å². The molecule has 2 N–H and O–H groups in total. The summed E-state index contributed by atoms with van der Waals surface area (Å²) < 4.78 is 0. The fourth-order valence-electron chi connectivity index (χ4n) is 1.77. The Kier molecular flexibility index (Phi) is 6.57. The summed E-state index contributed by atoms with van der Waals surface area (Å²) in [5, 5.41) is 0. The van der Waals surface area contributed by atoms with Gasteiger partial charge in [-0.1, -0.05) is 39.5 Å². The summed E-state index contributed by atoms with van der Waals surface area (Å²) in [5.41, 5.74) is 5.59. The Morgan fingerprint density at radius 2 is 1.53 bits per heavy atom. The molecule has 0 saturated heterocycles. The van der Waals surface area contributed by atoms with Crippen LogP contribution in [0.15, 0.2) is 0 Å². The van der Waals surface area contributed by atoms with Gasteiger partial charge < -0.3 is 10.6 Å². The first kappa shape index (κ1) is 14.4. The summed E-state index contributed by atoms with van der Waals surface area (Å²) in [6.45, 7) is 4.25. The molecule has 0 atom stereocenters. The summed E-state index contributed by atoms with van der Waals surface area (Å²) in [5.74, 6) is 0.0735. The fourth-order valence-corrected chi connectivity index (χ4v) is 1.77. The van der Waals surface area contributed by atoms with Crippen LogP contribution in [-0.4, -0.2) is 30.4 Å². The van der Waals surface area contributed by atoms with Gasteiger partial charge in [0.2, 0.25) is 5.91 Å². The van der Waals surface area contributed by atoms with Crippen molar-refractivity contribution in [3.8, 4) is 0 Å². The Labute approximate surface area is 94.0 Å². The smallest absolute Gasteiger partial charge is 0.242 e. The summed E-state index contributed by atoms with van der Waals surface area (Å²) >= 11 is 0. The fraction of sp³-hybridized carbons (Fsp3) is 0.917. The molecule has 0 saturated carbocycles. The van der Waals surface area contributed by atoms with Crippen LogP contribution in [0.25, 0.3) is 0 Å². The number of rotatable bonds is 7. The van der Waals surface area contributed by atoms with E-state index in [0.717, 1.165) is 38.5 Å². The van der Waals surface area contributed by atoms with E-state index in [4.69, 9.17) is 5.73 Å². The Hall–Kier alpha value is -0.570. The molecule has 0 aromatic carbocycles. The van der Waals surface area contributed by atoms with Gasteiger partial charge in [-0.2, -0.15) is 0 Å². The summed E-state index contributed by atoms with van der Waals surface area (Å²) in [6, 6.07) is 0. The Balaban J connectivity index is 4.45. The Bertz CT molecular complexity index is 182. The summed E-state index contributed by atoms with van der Waals surface area (Å²) in [6.07, 6.45) is 5.85. The lowest BCUT2D eigenvalue weighted by Gasteiger charge is -2.31. The molecule has 0 heterocycles. The SMILES string of the molecule is CCCCC(N)(CCCC)C(=O)N(C)C. The third kappa shape index (κ3) is 4.65. The predicted octanol–water partition coefficient (Wildman–Crippen LogP) is 2.15. The lowest BCUT2D eigenvalue weighted by Crippen LogP contribution is -2.53. The molecule has 0 aromatic heterocycles. The molecular formula is C12H26N2O. The van der Waals surface area contributed by atoms with Crippen LogP contribution in [0.2, 0.25) is 0 Å². The predicted molar refractivity (Wildman–Crippen MR) is 64.7 cm³/mol. The van der Waals surface area contributed by atoms with E-state index in [0.29, 0.717) is 0 Å². The molecule has 3 nitrogen and oxygen atoms in total. The second kappa shape index (κ2) is 6.83. The van der Waals surface area contributed by atoms with Crippen LogP contribution >= 0.6 is 0 Å². The number of carbonyl (C=O) groups excluding carboxylic acids is 1. The molecule has 0 radical (unpaired) electrons. The maximum atomic E-state index is 12.0. The average Bonchev–Trinajstić information content (AvgIpc) is 2.22. The second-order valence-electron chi connectivity index (χ2n) is 4.56. The van der Waals surface area contributed by atoms with Crippen LogP contribution in [0.1, 0.15) is 52.4 Å². The van der Waals surface area contributed by atoms with Crippen molar-refractivity contribution in [2.24, 2.45) is 5.73 Å². The number of nitrogens with two attached hydrogens (primary N) is 1. The summed E-state index contributed by atoms with van der Waals surface area (Å²) in [4.78, 5) is 13.6. The van der Waals surface area contributed by atoms with E-state index in [2.05, 4.69) is 13.8 Å². The highest BCUT2D eigenvalue weighted by molar-refractivity contribution is 5.85. The summed E-state index contributed by atoms with van der Waals surface area (Å²) in [7, 11) is 3.56. The van der Waals surface area contributed by atoms with E-state index < -0.39 is 5.54 Å². The van der Waals surface area contributed by atoms with Crippen molar-refractivity contribution in [3.05, 3.63) is 0 Å². The van der Waals surface area contributed by atoms with Crippen molar-refractivity contribution in [3.63, 3.8) is 0 Å². The van der Waals surface area contributed by atoms with Crippen molar-refractivity contribution < 1.29 is 4.79 Å². The first-order valence-corrected chi connectivity index (χ1v) is 5.98. The molecule has 1 amide bonds. The maximum absolute atomic E-state index is 12.0. The van der Waals surface area contributed by atoms with Crippen LogP contribution in [0.5, 0.6) is 0 Å². The highest BCUT2D eigenvalue weighted by atomic mass is 16.2. The monoisotopic (exact) mass is 214 g/mol. The molecule has 0 spiro atoms. The van der Waals surface area contributed by atoms with Gasteiger partial charge in [0.25, 0.3) is 0 Å². The molecule has 0 aromatic rings. The minimum Gasteiger partial charge on any atom is -0.347 e. The number of likely N-dealkylation sites (N-methyl/N-ethyl adjacent to an activating group) is 1. The molecule has 0 unspecified atom stereocenters. The van der Waals surface area contributed by atoms with Crippen LogP contribution < -0.4 is 5.73 Å². The minimum absolute atomic E-state index is 0.0735. The molecular weight excluding hydrogens is 188 g/mol. The lowest BCUT2D eigenvalue weighted by atomic mass is 9.87. The van der Waals surface area contributed by atoms with Gasteiger partial charge in [-0.15, -0.1) is 0 Å². The first-order chi connectivity index (χ1) is 6.98. The number of hydrogen-bond acceptors (Lipinski definition) is 2. The number of carbonyl (C=O) groups is 1. The lowest BCUT2D eigenvalue weighted by molar-refractivity contribution is -0.135. The van der Waals surface area contributed by atoms with E-state index in [1.165, 1.54) is 0 Å². The third-order valence-electron chi connectivity index (χ3n) is 2.78. The quantitative estimate of drug-likeness (QED) is 0.706.